The minimum Gasteiger partial charge on any atom is -0.462 e. The lowest BCUT2D eigenvalue weighted by Gasteiger charge is -2.42. The number of benzene rings is 1. The Bertz CT molecular complexity index is 995. The molecule has 1 aliphatic heterocycles. The number of hydrogen-bond acceptors (Lipinski definition) is 7. The van der Waals surface area contributed by atoms with Crippen LogP contribution < -0.4 is 10.6 Å². The Balaban J connectivity index is 1.83. The summed E-state index contributed by atoms with van der Waals surface area (Å²) in [6.07, 6.45) is 0.620. The highest BCUT2D eigenvalue weighted by molar-refractivity contribution is 7.17. The highest BCUT2D eigenvalue weighted by Gasteiger charge is 2.42. The van der Waals surface area contributed by atoms with E-state index < -0.39 is 24.5 Å². The van der Waals surface area contributed by atoms with Crippen LogP contribution in [0.1, 0.15) is 65.8 Å². The van der Waals surface area contributed by atoms with Crippen LogP contribution in [0.5, 0.6) is 0 Å². The van der Waals surface area contributed by atoms with E-state index in [9.17, 15) is 14.4 Å². The minimum atomic E-state index is -0.584. The number of carbonyl (C=O) groups excluding carboxylic acids is 3. The second-order valence-corrected chi connectivity index (χ2v) is 9.66. The van der Waals surface area contributed by atoms with E-state index in [1.165, 1.54) is 11.3 Å². The van der Waals surface area contributed by atoms with Gasteiger partial charge in [-0.1, -0.05) is 18.2 Å². The van der Waals surface area contributed by atoms with Gasteiger partial charge in [0, 0.05) is 16.0 Å². The van der Waals surface area contributed by atoms with Gasteiger partial charge in [-0.25, -0.2) is 9.59 Å². The number of amides is 1. The lowest BCUT2D eigenvalue weighted by atomic mass is 9.81. The smallest absolute Gasteiger partial charge is 0.341 e. The van der Waals surface area contributed by atoms with E-state index in [0.717, 1.165) is 10.4 Å². The number of ether oxygens (including phenoxy) is 2. The van der Waals surface area contributed by atoms with Crippen molar-refractivity contribution in [3.8, 4) is 0 Å². The molecule has 31 heavy (non-hydrogen) atoms. The van der Waals surface area contributed by atoms with Crippen LogP contribution in [-0.4, -0.2) is 36.6 Å². The molecule has 0 bridgehead atoms. The topological polar surface area (TPSA) is 93.7 Å². The van der Waals surface area contributed by atoms with Crippen molar-refractivity contribution in [2.45, 2.75) is 52.1 Å². The van der Waals surface area contributed by atoms with Crippen molar-refractivity contribution in [1.82, 2.24) is 5.32 Å². The van der Waals surface area contributed by atoms with E-state index >= 15 is 0 Å². The summed E-state index contributed by atoms with van der Waals surface area (Å²) >= 11 is 1.35. The van der Waals surface area contributed by atoms with E-state index in [2.05, 4.69) is 24.5 Å². The molecule has 1 aromatic carbocycles. The molecule has 0 spiro atoms. The highest BCUT2D eigenvalue weighted by atomic mass is 32.1. The normalized spacial score (nSPS) is 16.2. The van der Waals surface area contributed by atoms with Crippen LogP contribution in [0.15, 0.2) is 30.3 Å². The number of anilines is 1. The molecule has 0 atom stereocenters. The van der Waals surface area contributed by atoms with Gasteiger partial charge in [-0.05, 0) is 58.7 Å². The number of hydrogen-bond donors (Lipinski definition) is 2. The molecule has 0 radical (unpaired) electrons. The van der Waals surface area contributed by atoms with Gasteiger partial charge in [0.25, 0.3) is 5.91 Å². The Morgan fingerprint density at radius 2 is 1.74 bits per heavy atom. The number of carbonyl (C=O) groups is 3. The van der Waals surface area contributed by atoms with Gasteiger partial charge in [0.1, 0.15) is 5.00 Å². The Morgan fingerprint density at radius 1 is 1.06 bits per heavy atom. The van der Waals surface area contributed by atoms with Crippen molar-refractivity contribution in [2.24, 2.45) is 0 Å². The van der Waals surface area contributed by atoms with E-state index in [1.54, 1.807) is 37.3 Å². The van der Waals surface area contributed by atoms with Crippen LogP contribution in [0.3, 0.4) is 0 Å². The summed E-state index contributed by atoms with van der Waals surface area (Å²) in [7, 11) is 0. The van der Waals surface area contributed by atoms with E-state index in [-0.39, 0.29) is 17.7 Å². The van der Waals surface area contributed by atoms with Gasteiger partial charge in [-0.3, -0.25) is 4.79 Å². The average molecular weight is 445 g/mol. The number of nitrogens with one attached hydrogen (secondary N) is 2. The SMILES string of the molecule is CCOC(=O)c1c(NC(=O)COC(=O)c2ccccc2)sc2c1CC(C)(C)NC2(C)C. The lowest BCUT2D eigenvalue weighted by molar-refractivity contribution is -0.119. The molecule has 2 aromatic rings. The van der Waals surface area contributed by atoms with Crippen molar-refractivity contribution in [2.75, 3.05) is 18.5 Å². The molecule has 0 unspecified atom stereocenters. The first-order valence-corrected chi connectivity index (χ1v) is 11.0. The fourth-order valence-electron chi connectivity index (χ4n) is 3.99. The fourth-order valence-corrected chi connectivity index (χ4v) is 5.27. The molecule has 166 valence electrons. The monoisotopic (exact) mass is 444 g/mol. The first-order chi connectivity index (χ1) is 14.5. The third kappa shape index (κ3) is 5.14. The summed E-state index contributed by atoms with van der Waals surface area (Å²) in [5, 5.41) is 6.75. The van der Waals surface area contributed by atoms with E-state index in [1.807, 2.05) is 13.8 Å². The fraction of sp³-hybridized carbons (Fsp3) is 0.435. The molecule has 1 amide bonds. The van der Waals surface area contributed by atoms with E-state index in [4.69, 9.17) is 9.47 Å². The molecule has 1 aliphatic rings. The van der Waals surface area contributed by atoms with Crippen LogP contribution in [0, 0.1) is 0 Å². The Hall–Kier alpha value is -2.71. The first-order valence-electron chi connectivity index (χ1n) is 10.2. The van der Waals surface area contributed by atoms with Gasteiger partial charge in [-0.15, -0.1) is 11.3 Å². The van der Waals surface area contributed by atoms with Crippen molar-refractivity contribution in [3.05, 3.63) is 51.9 Å². The molecule has 3 rings (SSSR count). The molecule has 0 saturated carbocycles. The molecule has 1 aromatic heterocycles. The lowest BCUT2D eigenvalue weighted by Crippen LogP contribution is -2.55. The van der Waals surface area contributed by atoms with Crippen LogP contribution in [0.25, 0.3) is 0 Å². The van der Waals surface area contributed by atoms with Gasteiger partial charge >= 0.3 is 11.9 Å². The summed E-state index contributed by atoms with van der Waals surface area (Å²) in [6.45, 7) is 9.77. The molecule has 0 aliphatic carbocycles. The zero-order chi connectivity index (χ0) is 22.8. The summed E-state index contributed by atoms with van der Waals surface area (Å²) < 4.78 is 10.4. The third-order valence-electron chi connectivity index (χ3n) is 4.92. The maximum atomic E-state index is 12.8. The van der Waals surface area contributed by atoms with Crippen LogP contribution in [-0.2, 0) is 26.2 Å². The standard InChI is InChI=1S/C23H28N2O5S/c1-6-29-21(28)17-15-12-22(2,3)25-23(4,5)18(15)31-19(17)24-16(26)13-30-20(27)14-10-8-7-9-11-14/h7-11,25H,6,12-13H2,1-5H3,(H,24,26). The van der Waals surface area contributed by atoms with Crippen LogP contribution >= 0.6 is 11.3 Å². The maximum Gasteiger partial charge on any atom is 0.341 e. The molecule has 8 heteroatoms. The molecule has 2 heterocycles. The van der Waals surface area contributed by atoms with Crippen molar-refractivity contribution in [3.63, 3.8) is 0 Å². The highest BCUT2D eigenvalue weighted by Crippen LogP contribution is 2.45. The van der Waals surface area contributed by atoms with Gasteiger partial charge in [0.2, 0.25) is 0 Å². The summed E-state index contributed by atoms with van der Waals surface area (Å²) in [5.41, 5.74) is 1.02. The maximum absolute atomic E-state index is 12.8. The van der Waals surface area contributed by atoms with Gasteiger partial charge in [0.05, 0.1) is 17.7 Å². The number of fused-ring (bicyclic) bond motifs is 1. The van der Waals surface area contributed by atoms with Gasteiger partial charge < -0.3 is 20.1 Å². The largest absolute Gasteiger partial charge is 0.462 e. The van der Waals surface area contributed by atoms with Gasteiger partial charge in [0.15, 0.2) is 6.61 Å². The molecule has 0 saturated heterocycles. The van der Waals surface area contributed by atoms with Crippen molar-refractivity contribution in [1.29, 1.82) is 0 Å². The molecule has 0 fully saturated rings. The second kappa shape index (κ2) is 8.80. The van der Waals surface area contributed by atoms with Crippen LogP contribution in [0.2, 0.25) is 0 Å². The summed E-state index contributed by atoms with van der Waals surface area (Å²) in [4.78, 5) is 38.4. The number of thiophene rings is 1. The zero-order valence-corrected chi connectivity index (χ0v) is 19.3. The Kier molecular flexibility index (Phi) is 6.52. The number of rotatable bonds is 6. The minimum absolute atomic E-state index is 0.231. The predicted octanol–water partition coefficient (Wildman–Crippen LogP) is 3.88. The quantitative estimate of drug-likeness (QED) is 0.657. The van der Waals surface area contributed by atoms with Crippen LogP contribution in [0.4, 0.5) is 5.00 Å². The van der Waals surface area contributed by atoms with Gasteiger partial charge in [-0.2, -0.15) is 0 Å². The Morgan fingerprint density at radius 3 is 2.39 bits per heavy atom. The molecular weight excluding hydrogens is 416 g/mol. The number of esters is 2. The molecule has 2 N–H and O–H groups in total. The average Bonchev–Trinajstić information content (AvgIpc) is 3.04. The first kappa shape index (κ1) is 23.0. The van der Waals surface area contributed by atoms with Crippen molar-refractivity contribution >= 4 is 34.2 Å². The molecule has 7 nitrogen and oxygen atoms in total. The zero-order valence-electron chi connectivity index (χ0n) is 18.5. The van der Waals surface area contributed by atoms with E-state index in [0.29, 0.717) is 22.5 Å². The molecular formula is C23H28N2O5S. The third-order valence-corrected chi connectivity index (χ3v) is 6.39. The predicted molar refractivity (Wildman–Crippen MR) is 120 cm³/mol. The second-order valence-electron chi connectivity index (χ2n) is 8.64. The summed E-state index contributed by atoms with van der Waals surface area (Å²) in [6, 6.07) is 8.45. The summed E-state index contributed by atoms with van der Waals surface area (Å²) in [5.74, 6) is -1.57. The van der Waals surface area contributed by atoms with Crippen molar-refractivity contribution < 1.29 is 23.9 Å². The Labute approximate surface area is 186 Å².